The Kier molecular flexibility index (Phi) is 42.4. The molecule has 0 saturated heterocycles. The number of unbranched alkanes of at least 4 members (excludes halogenated alkanes) is 35. The van der Waals surface area contributed by atoms with Crippen molar-refractivity contribution in [1.82, 2.24) is 5.32 Å². The SMILES string of the molecule is CCCCCCCCCCCCCCCCCCCCCCCCCCCCCCCCCCCC(=O)NC(COP(=O)([O-])OCC[N+](C)(C)C)C(O)CCCCCC. The highest BCUT2D eigenvalue weighted by Gasteiger charge is 2.24. The normalized spacial score (nSPS) is 14.1. The van der Waals surface area contributed by atoms with Gasteiger partial charge in [-0.05, 0) is 12.8 Å². The fourth-order valence-corrected chi connectivity index (χ4v) is 8.71. The second-order valence-corrected chi connectivity index (χ2v) is 20.7. The van der Waals surface area contributed by atoms with Crippen molar-refractivity contribution in [3.63, 3.8) is 0 Å². The van der Waals surface area contributed by atoms with Gasteiger partial charge in [-0.1, -0.05) is 245 Å². The molecule has 0 radical (unpaired) electrons. The summed E-state index contributed by atoms with van der Waals surface area (Å²) < 4.78 is 23.0. The molecule has 3 unspecified atom stereocenters. The highest BCUT2D eigenvalue weighted by molar-refractivity contribution is 7.45. The zero-order valence-electron chi connectivity index (χ0n) is 40.2. The van der Waals surface area contributed by atoms with Crippen molar-refractivity contribution >= 4 is 13.7 Å². The molecular weight excluding hydrogens is 756 g/mol. The standard InChI is InChI=1S/C50H103N2O6P/c1-6-8-10-12-13-14-15-16-17-18-19-20-21-22-23-24-25-26-27-28-29-30-31-32-33-34-35-36-37-38-39-40-42-44-50(54)51-48(49(53)43-41-11-9-7-2)47-58-59(55,56)57-46-45-52(3,4)5/h48-49,53H,6-47H2,1-5H3,(H-,51,54,55,56). The molecule has 0 aliphatic heterocycles. The largest absolute Gasteiger partial charge is 0.756 e. The molecule has 3 atom stereocenters. The number of quaternary nitrogens is 1. The van der Waals surface area contributed by atoms with Crippen LogP contribution >= 0.6 is 7.82 Å². The molecule has 59 heavy (non-hydrogen) atoms. The molecule has 0 saturated carbocycles. The summed E-state index contributed by atoms with van der Waals surface area (Å²) in [5, 5.41) is 13.7. The van der Waals surface area contributed by atoms with Crippen molar-refractivity contribution < 1.29 is 32.9 Å². The van der Waals surface area contributed by atoms with Crippen molar-refractivity contribution in [3.8, 4) is 0 Å². The highest BCUT2D eigenvalue weighted by atomic mass is 31.2. The highest BCUT2D eigenvalue weighted by Crippen LogP contribution is 2.38. The predicted octanol–water partition coefficient (Wildman–Crippen LogP) is 14.3. The number of likely N-dealkylation sites (N-methyl/N-ethyl adjacent to an activating group) is 1. The van der Waals surface area contributed by atoms with E-state index in [9.17, 15) is 19.4 Å². The van der Waals surface area contributed by atoms with Gasteiger partial charge in [-0.2, -0.15) is 0 Å². The molecule has 2 N–H and O–H groups in total. The number of aliphatic hydroxyl groups is 1. The molecule has 0 aromatic heterocycles. The average molecular weight is 859 g/mol. The van der Waals surface area contributed by atoms with Gasteiger partial charge in [-0.3, -0.25) is 9.36 Å². The third-order valence-electron chi connectivity index (χ3n) is 12.1. The molecule has 0 bridgehead atoms. The van der Waals surface area contributed by atoms with E-state index in [1.807, 2.05) is 21.1 Å². The second-order valence-electron chi connectivity index (χ2n) is 19.2. The smallest absolute Gasteiger partial charge is 0.268 e. The second kappa shape index (κ2) is 42.8. The van der Waals surface area contributed by atoms with Crippen LogP contribution in [0.4, 0.5) is 0 Å². The molecule has 0 aliphatic carbocycles. The molecule has 1 amide bonds. The van der Waals surface area contributed by atoms with Gasteiger partial charge in [-0.25, -0.2) is 0 Å². The first-order valence-electron chi connectivity index (χ1n) is 25.9. The topological polar surface area (TPSA) is 108 Å². The Morgan fingerprint density at radius 3 is 1.15 bits per heavy atom. The van der Waals surface area contributed by atoms with Gasteiger partial charge in [0, 0.05) is 6.42 Å². The van der Waals surface area contributed by atoms with Crippen molar-refractivity contribution in [3.05, 3.63) is 0 Å². The summed E-state index contributed by atoms with van der Waals surface area (Å²) in [6.45, 7) is 4.62. The zero-order valence-corrected chi connectivity index (χ0v) is 41.1. The summed E-state index contributed by atoms with van der Waals surface area (Å²) in [5.41, 5.74) is 0. The van der Waals surface area contributed by atoms with E-state index < -0.39 is 20.0 Å². The number of phosphoric ester groups is 1. The lowest BCUT2D eigenvalue weighted by atomic mass is 10.0. The van der Waals surface area contributed by atoms with Crippen LogP contribution in [0.15, 0.2) is 0 Å². The molecule has 0 rings (SSSR count). The van der Waals surface area contributed by atoms with Gasteiger partial charge in [0.05, 0.1) is 39.9 Å². The van der Waals surface area contributed by atoms with E-state index in [1.165, 1.54) is 193 Å². The maximum absolute atomic E-state index is 12.8. The fourth-order valence-electron chi connectivity index (χ4n) is 7.98. The quantitative estimate of drug-likeness (QED) is 0.0358. The lowest BCUT2D eigenvalue weighted by molar-refractivity contribution is -0.870. The first-order chi connectivity index (χ1) is 28.5. The summed E-state index contributed by atoms with van der Waals surface area (Å²) in [6.07, 6.45) is 49.4. The van der Waals surface area contributed by atoms with E-state index in [2.05, 4.69) is 19.2 Å². The van der Waals surface area contributed by atoms with Crippen LogP contribution in [0.2, 0.25) is 0 Å². The number of nitrogens with one attached hydrogen (secondary N) is 1. The van der Waals surface area contributed by atoms with Gasteiger partial charge in [0.1, 0.15) is 13.2 Å². The van der Waals surface area contributed by atoms with Crippen LogP contribution in [0.3, 0.4) is 0 Å². The molecule has 0 heterocycles. The molecule has 354 valence electrons. The van der Waals surface area contributed by atoms with Gasteiger partial charge < -0.3 is 28.8 Å². The average Bonchev–Trinajstić information content (AvgIpc) is 3.19. The Bertz CT molecular complexity index is 932. The van der Waals surface area contributed by atoms with Crippen LogP contribution in [0, 0.1) is 0 Å². The Morgan fingerprint density at radius 2 is 0.831 bits per heavy atom. The Hall–Kier alpha value is -0.500. The number of amides is 1. The minimum atomic E-state index is -4.54. The monoisotopic (exact) mass is 859 g/mol. The third kappa shape index (κ3) is 45.3. The van der Waals surface area contributed by atoms with E-state index in [4.69, 9.17) is 9.05 Å². The number of carbonyl (C=O) groups is 1. The fraction of sp³-hybridized carbons (Fsp3) is 0.980. The maximum Gasteiger partial charge on any atom is 0.268 e. The molecule has 0 aliphatic rings. The molecule has 0 fully saturated rings. The number of hydrogen-bond donors (Lipinski definition) is 2. The first kappa shape index (κ1) is 58.5. The summed E-state index contributed by atoms with van der Waals surface area (Å²) in [6, 6.07) is -0.790. The lowest BCUT2D eigenvalue weighted by Gasteiger charge is -2.30. The maximum atomic E-state index is 12.8. The Labute approximate surface area is 368 Å². The van der Waals surface area contributed by atoms with Crippen molar-refractivity contribution in [2.45, 2.75) is 276 Å². The van der Waals surface area contributed by atoms with Crippen LogP contribution in [-0.4, -0.2) is 68.5 Å². The molecule has 0 aromatic carbocycles. The van der Waals surface area contributed by atoms with Crippen LogP contribution in [-0.2, 0) is 18.4 Å². The van der Waals surface area contributed by atoms with E-state index in [0.29, 0.717) is 23.9 Å². The van der Waals surface area contributed by atoms with Crippen LogP contribution < -0.4 is 10.2 Å². The number of phosphoric acid groups is 1. The van der Waals surface area contributed by atoms with Gasteiger partial charge in [0.15, 0.2) is 0 Å². The molecule has 0 aromatic rings. The molecule has 9 heteroatoms. The first-order valence-corrected chi connectivity index (χ1v) is 27.3. The minimum absolute atomic E-state index is 0.0145. The van der Waals surface area contributed by atoms with Crippen molar-refractivity contribution in [2.75, 3.05) is 40.9 Å². The minimum Gasteiger partial charge on any atom is -0.756 e. The van der Waals surface area contributed by atoms with E-state index in [1.54, 1.807) is 0 Å². The third-order valence-corrected chi connectivity index (χ3v) is 13.1. The molecular formula is C50H103N2O6P. The number of nitrogens with zero attached hydrogens (tertiary/aromatic N) is 1. The van der Waals surface area contributed by atoms with E-state index >= 15 is 0 Å². The number of aliphatic hydroxyl groups excluding tert-OH is 1. The van der Waals surface area contributed by atoms with Crippen molar-refractivity contribution in [2.24, 2.45) is 0 Å². The van der Waals surface area contributed by atoms with Gasteiger partial charge >= 0.3 is 0 Å². The Morgan fingerprint density at radius 1 is 0.525 bits per heavy atom. The van der Waals surface area contributed by atoms with Gasteiger partial charge in [-0.15, -0.1) is 0 Å². The number of carbonyl (C=O) groups excluding carboxylic acids is 1. The molecule has 8 nitrogen and oxygen atoms in total. The number of rotatable bonds is 48. The molecule has 0 spiro atoms. The van der Waals surface area contributed by atoms with E-state index in [0.717, 1.165) is 44.9 Å². The zero-order chi connectivity index (χ0) is 43.6. The summed E-state index contributed by atoms with van der Waals surface area (Å²) >= 11 is 0. The van der Waals surface area contributed by atoms with Gasteiger partial charge in [0.25, 0.3) is 7.82 Å². The Balaban J connectivity index is 3.67. The van der Waals surface area contributed by atoms with Crippen LogP contribution in [0.25, 0.3) is 0 Å². The number of hydrogen-bond acceptors (Lipinski definition) is 6. The van der Waals surface area contributed by atoms with E-state index in [-0.39, 0.29) is 19.1 Å². The van der Waals surface area contributed by atoms with Crippen LogP contribution in [0.1, 0.15) is 264 Å². The van der Waals surface area contributed by atoms with Crippen molar-refractivity contribution in [1.29, 1.82) is 0 Å². The van der Waals surface area contributed by atoms with Crippen LogP contribution in [0.5, 0.6) is 0 Å². The summed E-state index contributed by atoms with van der Waals surface area (Å²) in [7, 11) is 1.31. The lowest BCUT2D eigenvalue weighted by Crippen LogP contribution is -2.46. The predicted molar refractivity (Wildman–Crippen MR) is 252 cm³/mol. The van der Waals surface area contributed by atoms with Gasteiger partial charge in [0.2, 0.25) is 5.91 Å². The summed E-state index contributed by atoms with van der Waals surface area (Å²) in [4.78, 5) is 25.1. The summed E-state index contributed by atoms with van der Waals surface area (Å²) in [5.74, 6) is -0.168.